The number of benzene rings is 1. The minimum atomic E-state index is -0.687. The molecule has 3 aliphatic rings. The van der Waals surface area contributed by atoms with Crippen LogP contribution in [0.25, 0.3) is 0 Å². The maximum atomic E-state index is 11.5. The van der Waals surface area contributed by atoms with Gasteiger partial charge in [-0.05, 0) is 74.7 Å². The third-order valence-electron chi connectivity index (χ3n) is 7.01. The highest BCUT2D eigenvalue weighted by Crippen LogP contribution is 2.46. The van der Waals surface area contributed by atoms with Gasteiger partial charge in [0.2, 0.25) is 0 Å². The predicted octanol–water partition coefficient (Wildman–Crippen LogP) is 3.63. The molecule has 4 nitrogen and oxygen atoms in total. The molecule has 3 aliphatic heterocycles. The van der Waals surface area contributed by atoms with Gasteiger partial charge in [-0.1, -0.05) is 26.0 Å². The van der Waals surface area contributed by atoms with Crippen molar-refractivity contribution < 1.29 is 9.84 Å². The predicted molar refractivity (Wildman–Crippen MR) is 109 cm³/mol. The van der Waals surface area contributed by atoms with Gasteiger partial charge < -0.3 is 14.7 Å². The first kappa shape index (κ1) is 19.2. The molecule has 0 spiro atoms. The highest BCUT2D eigenvalue weighted by atomic mass is 16.5. The molecule has 2 bridgehead atoms. The Morgan fingerprint density at radius 2 is 1.63 bits per heavy atom. The Labute approximate surface area is 164 Å². The van der Waals surface area contributed by atoms with Gasteiger partial charge in [0, 0.05) is 25.2 Å². The minimum absolute atomic E-state index is 0.306. The maximum Gasteiger partial charge on any atom is 0.118 e. The number of fused-ring (bicyclic) bond motifs is 2. The summed E-state index contributed by atoms with van der Waals surface area (Å²) in [6.07, 6.45) is 6.89. The molecule has 150 valence electrons. The quantitative estimate of drug-likeness (QED) is 0.827. The van der Waals surface area contributed by atoms with Crippen LogP contribution in [-0.4, -0.2) is 60.3 Å². The Hall–Kier alpha value is -1.10. The van der Waals surface area contributed by atoms with E-state index in [0.717, 1.165) is 30.7 Å². The van der Waals surface area contributed by atoms with Crippen molar-refractivity contribution in [3.05, 3.63) is 29.8 Å². The van der Waals surface area contributed by atoms with E-state index in [1.54, 1.807) is 7.11 Å². The van der Waals surface area contributed by atoms with Crippen molar-refractivity contribution in [2.24, 2.45) is 5.41 Å². The van der Waals surface area contributed by atoms with Crippen molar-refractivity contribution in [2.75, 3.05) is 33.3 Å². The largest absolute Gasteiger partial charge is 0.497 e. The summed E-state index contributed by atoms with van der Waals surface area (Å²) in [4.78, 5) is 5.37. The molecule has 1 N–H and O–H groups in total. The molecular formula is C23H36N2O2. The fraction of sp³-hybridized carbons (Fsp3) is 0.739. The van der Waals surface area contributed by atoms with Gasteiger partial charge in [-0.3, -0.25) is 4.90 Å². The summed E-state index contributed by atoms with van der Waals surface area (Å²) in [7, 11) is 1.69. The van der Waals surface area contributed by atoms with E-state index in [9.17, 15) is 5.11 Å². The molecule has 4 rings (SSSR count). The first-order valence-electron chi connectivity index (χ1n) is 10.7. The highest BCUT2D eigenvalue weighted by molar-refractivity contribution is 5.32. The number of nitrogens with zero attached hydrogens (tertiary/aromatic N) is 2. The van der Waals surface area contributed by atoms with E-state index < -0.39 is 5.60 Å². The van der Waals surface area contributed by atoms with Crippen LogP contribution in [0.4, 0.5) is 0 Å². The highest BCUT2D eigenvalue weighted by Gasteiger charge is 2.49. The summed E-state index contributed by atoms with van der Waals surface area (Å²) >= 11 is 0. The van der Waals surface area contributed by atoms with Crippen molar-refractivity contribution in [1.82, 2.24) is 9.80 Å². The van der Waals surface area contributed by atoms with Crippen molar-refractivity contribution >= 4 is 0 Å². The number of rotatable bonds is 6. The summed E-state index contributed by atoms with van der Waals surface area (Å²) in [6, 6.07) is 9.06. The molecule has 1 aromatic rings. The Morgan fingerprint density at radius 1 is 1.04 bits per heavy atom. The van der Waals surface area contributed by atoms with Crippen LogP contribution < -0.4 is 4.74 Å². The molecule has 0 unspecified atom stereocenters. The van der Waals surface area contributed by atoms with Crippen LogP contribution in [0.1, 0.15) is 57.9 Å². The zero-order valence-electron chi connectivity index (χ0n) is 17.3. The summed E-state index contributed by atoms with van der Waals surface area (Å²) in [5.74, 6) is 0.853. The number of ether oxygens (including phenoxy) is 1. The van der Waals surface area contributed by atoms with Crippen LogP contribution in [0, 0.1) is 5.41 Å². The second-order valence-corrected chi connectivity index (χ2v) is 9.87. The standard InChI is InChI=1S/C23H36N2O2/c1-22(2,16-24-12-4-5-13-24)17-25-19-8-9-20(25)15-23(26,14-19)18-6-10-21(27-3)11-7-18/h6-7,10-11,19-20,26H,4-5,8-9,12-17H2,1-3H3/t19-,20-/m1/s1. The number of likely N-dealkylation sites (tertiary alicyclic amines) is 1. The van der Waals surface area contributed by atoms with E-state index in [2.05, 4.69) is 23.6 Å². The zero-order chi connectivity index (χ0) is 19.1. The van der Waals surface area contributed by atoms with Gasteiger partial charge >= 0.3 is 0 Å². The minimum Gasteiger partial charge on any atom is -0.497 e. The van der Waals surface area contributed by atoms with E-state index in [-0.39, 0.29) is 0 Å². The molecule has 27 heavy (non-hydrogen) atoms. The van der Waals surface area contributed by atoms with Crippen LogP contribution >= 0.6 is 0 Å². The molecule has 0 amide bonds. The molecule has 0 saturated carbocycles. The van der Waals surface area contributed by atoms with Crippen molar-refractivity contribution in [1.29, 1.82) is 0 Å². The van der Waals surface area contributed by atoms with Gasteiger partial charge in [-0.2, -0.15) is 0 Å². The Balaban J connectivity index is 1.43. The van der Waals surface area contributed by atoms with E-state index >= 15 is 0 Å². The summed E-state index contributed by atoms with van der Waals surface area (Å²) in [5, 5.41) is 11.5. The molecular weight excluding hydrogens is 336 g/mol. The smallest absolute Gasteiger partial charge is 0.118 e. The second-order valence-electron chi connectivity index (χ2n) is 9.87. The number of piperidine rings is 1. The third kappa shape index (κ3) is 4.03. The normalized spacial score (nSPS) is 32.1. The number of hydrogen-bond donors (Lipinski definition) is 1. The van der Waals surface area contributed by atoms with Crippen LogP contribution in [0.5, 0.6) is 5.75 Å². The number of methoxy groups -OCH3 is 1. The van der Waals surface area contributed by atoms with Gasteiger partial charge in [0.1, 0.15) is 5.75 Å². The molecule has 0 aromatic heterocycles. The van der Waals surface area contributed by atoms with E-state index in [1.165, 1.54) is 45.3 Å². The van der Waals surface area contributed by atoms with Crippen LogP contribution in [0.3, 0.4) is 0 Å². The average molecular weight is 373 g/mol. The first-order chi connectivity index (χ1) is 12.9. The Bertz CT molecular complexity index is 622. The first-order valence-corrected chi connectivity index (χ1v) is 10.7. The van der Waals surface area contributed by atoms with Crippen molar-refractivity contribution in [2.45, 2.75) is 70.1 Å². The van der Waals surface area contributed by atoms with E-state index in [1.807, 2.05) is 24.3 Å². The fourth-order valence-corrected chi connectivity index (χ4v) is 5.80. The average Bonchev–Trinajstić information content (AvgIpc) is 3.21. The van der Waals surface area contributed by atoms with Crippen LogP contribution in [0.15, 0.2) is 24.3 Å². The zero-order valence-corrected chi connectivity index (χ0v) is 17.3. The lowest BCUT2D eigenvalue weighted by molar-refractivity contribution is -0.0667. The van der Waals surface area contributed by atoms with Gasteiger partial charge in [-0.25, -0.2) is 0 Å². The molecule has 3 saturated heterocycles. The summed E-state index contributed by atoms with van der Waals surface area (Å²) < 4.78 is 5.28. The molecule has 1 aromatic carbocycles. The number of hydrogen-bond acceptors (Lipinski definition) is 4. The van der Waals surface area contributed by atoms with Crippen molar-refractivity contribution in [3.8, 4) is 5.75 Å². The molecule has 4 heteroatoms. The third-order valence-corrected chi connectivity index (χ3v) is 7.01. The van der Waals surface area contributed by atoms with Gasteiger partial charge in [0.25, 0.3) is 0 Å². The lowest BCUT2D eigenvalue weighted by Gasteiger charge is -2.47. The molecule has 3 heterocycles. The Kier molecular flexibility index (Phi) is 5.26. The van der Waals surface area contributed by atoms with Gasteiger partial charge in [-0.15, -0.1) is 0 Å². The number of aliphatic hydroxyl groups is 1. The molecule has 0 radical (unpaired) electrons. The summed E-state index contributed by atoms with van der Waals surface area (Å²) in [6.45, 7) is 9.74. The maximum absolute atomic E-state index is 11.5. The Morgan fingerprint density at radius 3 is 2.19 bits per heavy atom. The van der Waals surface area contributed by atoms with Gasteiger partial charge in [0.15, 0.2) is 0 Å². The van der Waals surface area contributed by atoms with Crippen molar-refractivity contribution in [3.63, 3.8) is 0 Å². The van der Waals surface area contributed by atoms with E-state index in [4.69, 9.17) is 4.74 Å². The van der Waals surface area contributed by atoms with Crippen LogP contribution in [-0.2, 0) is 5.60 Å². The topological polar surface area (TPSA) is 35.9 Å². The van der Waals surface area contributed by atoms with E-state index in [0.29, 0.717) is 17.5 Å². The molecule has 2 atom stereocenters. The lowest BCUT2D eigenvalue weighted by atomic mass is 9.79. The monoisotopic (exact) mass is 372 g/mol. The summed E-state index contributed by atoms with van der Waals surface area (Å²) in [5.41, 5.74) is 0.672. The SMILES string of the molecule is COc1ccc(C2(O)C[C@H]3CC[C@H](C2)N3CC(C)(C)CN2CCCC2)cc1. The molecule has 0 aliphatic carbocycles. The van der Waals surface area contributed by atoms with Gasteiger partial charge in [0.05, 0.1) is 12.7 Å². The fourth-order valence-electron chi connectivity index (χ4n) is 5.80. The van der Waals surface area contributed by atoms with Crippen LogP contribution in [0.2, 0.25) is 0 Å². The molecule has 3 fully saturated rings. The second kappa shape index (κ2) is 7.38. The lowest BCUT2D eigenvalue weighted by Crippen LogP contribution is -2.53.